The van der Waals surface area contributed by atoms with Gasteiger partial charge in [0, 0.05) is 54.3 Å². The van der Waals surface area contributed by atoms with Crippen molar-refractivity contribution in [1.29, 1.82) is 0 Å². The van der Waals surface area contributed by atoms with Gasteiger partial charge in [-0.25, -0.2) is 17.7 Å². The number of nitro groups is 1. The van der Waals surface area contributed by atoms with Gasteiger partial charge in [-0.3, -0.25) is 14.9 Å². The van der Waals surface area contributed by atoms with Gasteiger partial charge in [-0.05, 0) is 24.3 Å². The fourth-order valence-corrected chi connectivity index (χ4v) is 4.86. The molecule has 0 atom stereocenters. The van der Waals surface area contributed by atoms with Crippen molar-refractivity contribution in [2.45, 2.75) is 11.4 Å². The number of benzene rings is 2. The summed E-state index contributed by atoms with van der Waals surface area (Å²) in [7, 11) is -0.569. The Morgan fingerprint density at radius 3 is 2.58 bits per heavy atom. The molecule has 4 aromatic rings. The molecule has 0 bridgehead atoms. The number of carbonyl (C=O) groups excluding carboxylic acids is 1. The zero-order valence-corrected chi connectivity index (χ0v) is 19.3. The van der Waals surface area contributed by atoms with Gasteiger partial charge in [-0.1, -0.05) is 12.1 Å². The van der Waals surface area contributed by atoms with E-state index in [2.05, 4.69) is 10.3 Å². The lowest BCUT2D eigenvalue weighted by Gasteiger charge is -2.11. The molecule has 1 N–H and O–H groups in total. The number of thiazole rings is 1. The normalized spacial score (nSPS) is 11.7. The number of non-ortho nitro benzene ring substituents is 1. The summed E-state index contributed by atoms with van der Waals surface area (Å²) in [5.41, 5.74) is 2.04. The predicted octanol–water partition coefficient (Wildman–Crippen LogP) is 3.56. The molecule has 0 aliphatic rings. The van der Waals surface area contributed by atoms with Gasteiger partial charge in [0.15, 0.2) is 5.13 Å². The standard InChI is InChI=1S/C21H19N5O5S2/c1-24(2)33(30,31)17-6-3-14(4-7-17)18-13-32-21(22-18)23-20(27)12-25-10-9-15-11-16(26(28)29)5-8-19(15)25/h3-11,13H,12H2,1-2H3,(H,22,23,27). The molecule has 0 radical (unpaired) electrons. The second-order valence-corrected chi connectivity index (χ2v) is 10.4. The third-order valence-electron chi connectivity index (χ3n) is 4.96. The van der Waals surface area contributed by atoms with Crippen molar-refractivity contribution < 1.29 is 18.1 Å². The summed E-state index contributed by atoms with van der Waals surface area (Å²) in [6, 6.07) is 12.6. The molecular weight excluding hydrogens is 466 g/mol. The number of nitrogens with zero attached hydrogens (tertiary/aromatic N) is 4. The minimum atomic E-state index is -3.51. The van der Waals surface area contributed by atoms with Crippen LogP contribution in [0.25, 0.3) is 22.2 Å². The smallest absolute Gasteiger partial charge is 0.270 e. The Morgan fingerprint density at radius 1 is 1.18 bits per heavy atom. The minimum absolute atomic E-state index is 0.00707. The summed E-state index contributed by atoms with van der Waals surface area (Å²) in [4.78, 5) is 27.6. The van der Waals surface area contributed by atoms with Crippen molar-refractivity contribution in [1.82, 2.24) is 13.9 Å². The number of rotatable bonds is 7. The van der Waals surface area contributed by atoms with Gasteiger partial charge < -0.3 is 9.88 Å². The van der Waals surface area contributed by atoms with Crippen LogP contribution in [0.4, 0.5) is 10.8 Å². The highest BCUT2D eigenvalue weighted by molar-refractivity contribution is 7.89. The van der Waals surface area contributed by atoms with Crippen LogP contribution in [0, 0.1) is 10.1 Å². The van der Waals surface area contributed by atoms with E-state index >= 15 is 0 Å². The zero-order chi connectivity index (χ0) is 23.8. The van der Waals surface area contributed by atoms with E-state index < -0.39 is 14.9 Å². The first kappa shape index (κ1) is 22.6. The lowest BCUT2D eigenvalue weighted by atomic mass is 10.2. The quantitative estimate of drug-likeness (QED) is 0.315. The number of anilines is 1. The molecule has 2 heterocycles. The number of amides is 1. The Kier molecular flexibility index (Phi) is 5.97. The molecule has 170 valence electrons. The average molecular weight is 486 g/mol. The Labute approximate surface area is 193 Å². The van der Waals surface area contributed by atoms with Crippen molar-refractivity contribution in [2.24, 2.45) is 0 Å². The summed E-state index contributed by atoms with van der Waals surface area (Å²) >= 11 is 1.25. The first-order valence-corrected chi connectivity index (χ1v) is 12.0. The van der Waals surface area contributed by atoms with E-state index in [1.165, 1.54) is 49.7 Å². The Hall–Kier alpha value is -3.61. The maximum absolute atomic E-state index is 12.5. The fourth-order valence-electron chi connectivity index (χ4n) is 3.22. The van der Waals surface area contributed by atoms with Crippen molar-refractivity contribution in [2.75, 3.05) is 19.4 Å². The molecule has 12 heteroatoms. The highest BCUT2D eigenvalue weighted by Gasteiger charge is 2.17. The van der Waals surface area contributed by atoms with Crippen LogP contribution < -0.4 is 5.32 Å². The van der Waals surface area contributed by atoms with Crippen LogP contribution in [-0.4, -0.2) is 47.2 Å². The Balaban J connectivity index is 1.45. The van der Waals surface area contributed by atoms with Crippen molar-refractivity contribution in [3.05, 3.63) is 70.2 Å². The van der Waals surface area contributed by atoms with E-state index in [1.54, 1.807) is 40.4 Å². The van der Waals surface area contributed by atoms with Gasteiger partial charge in [0.25, 0.3) is 5.69 Å². The molecule has 0 aliphatic heterocycles. The molecule has 0 spiro atoms. The van der Waals surface area contributed by atoms with E-state index in [1.807, 2.05) is 0 Å². The lowest BCUT2D eigenvalue weighted by Crippen LogP contribution is -2.22. The molecule has 2 aromatic heterocycles. The van der Waals surface area contributed by atoms with E-state index in [-0.39, 0.29) is 23.0 Å². The second kappa shape index (κ2) is 8.73. The fraction of sp³-hybridized carbons (Fsp3) is 0.143. The summed E-state index contributed by atoms with van der Waals surface area (Å²) < 4.78 is 27.2. The topological polar surface area (TPSA) is 127 Å². The molecular formula is C21H19N5O5S2. The van der Waals surface area contributed by atoms with Gasteiger partial charge >= 0.3 is 0 Å². The molecule has 0 saturated heterocycles. The third-order valence-corrected chi connectivity index (χ3v) is 7.55. The monoisotopic (exact) mass is 485 g/mol. The molecule has 0 aliphatic carbocycles. The largest absolute Gasteiger partial charge is 0.338 e. The number of nitrogens with one attached hydrogen (secondary N) is 1. The molecule has 2 aromatic carbocycles. The Bertz CT molecular complexity index is 1460. The van der Waals surface area contributed by atoms with Gasteiger partial charge in [0.1, 0.15) is 6.54 Å². The summed E-state index contributed by atoms with van der Waals surface area (Å²) in [6.07, 6.45) is 1.70. The van der Waals surface area contributed by atoms with Crippen molar-refractivity contribution in [3.8, 4) is 11.3 Å². The molecule has 33 heavy (non-hydrogen) atoms. The zero-order valence-electron chi connectivity index (χ0n) is 17.6. The highest BCUT2D eigenvalue weighted by Crippen LogP contribution is 2.27. The summed E-state index contributed by atoms with van der Waals surface area (Å²) in [6.45, 7) is 0.0211. The van der Waals surface area contributed by atoms with Crippen molar-refractivity contribution >= 4 is 49.0 Å². The maximum Gasteiger partial charge on any atom is 0.270 e. The molecule has 4 rings (SSSR count). The van der Waals surface area contributed by atoms with Gasteiger partial charge in [0.05, 0.1) is 15.5 Å². The first-order chi connectivity index (χ1) is 15.6. The van der Waals surface area contributed by atoms with Crippen LogP contribution >= 0.6 is 11.3 Å². The van der Waals surface area contributed by atoms with Crippen LogP contribution in [0.3, 0.4) is 0 Å². The summed E-state index contributed by atoms with van der Waals surface area (Å²) in [5.74, 6) is -0.292. The van der Waals surface area contributed by atoms with Gasteiger partial charge in [-0.2, -0.15) is 0 Å². The van der Waals surface area contributed by atoms with Crippen LogP contribution in [0.1, 0.15) is 0 Å². The molecule has 1 amide bonds. The third kappa shape index (κ3) is 4.62. The SMILES string of the molecule is CN(C)S(=O)(=O)c1ccc(-c2csc(NC(=O)Cn3ccc4cc([N+](=O)[O-])ccc43)n2)cc1. The summed E-state index contributed by atoms with van der Waals surface area (Å²) in [5, 5.41) is 16.5. The van der Waals surface area contributed by atoms with E-state index in [0.29, 0.717) is 21.7 Å². The van der Waals surface area contributed by atoms with Crippen LogP contribution in [0.15, 0.2) is 65.0 Å². The molecule has 0 unspecified atom stereocenters. The van der Waals surface area contributed by atoms with E-state index in [4.69, 9.17) is 0 Å². The number of hydrogen-bond acceptors (Lipinski definition) is 7. The maximum atomic E-state index is 12.5. The number of fused-ring (bicyclic) bond motifs is 1. The first-order valence-electron chi connectivity index (χ1n) is 9.67. The number of carbonyl (C=O) groups is 1. The average Bonchev–Trinajstić information content (AvgIpc) is 3.40. The van der Waals surface area contributed by atoms with Crippen LogP contribution in [0.2, 0.25) is 0 Å². The lowest BCUT2D eigenvalue weighted by molar-refractivity contribution is -0.384. The number of sulfonamides is 1. The number of aromatic nitrogens is 2. The van der Waals surface area contributed by atoms with Crippen molar-refractivity contribution in [3.63, 3.8) is 0 Å². The second-order valence-electron chi connectivity index (χ2n) is 7.34. The number of hydrogen-bond donors (Lipinski definition) is 1. The predicted molar refractivity (Wildman–Crippen MR) is 126 cm³/mol. The highest BCUT2D eigenvalue weighted by atomic mass is 32.2. The van der Waals surface area contributed by atoms with Gasteiger partial charge in [0.2, 0.25) is 15.9 Å². The van der Waals surface area contributed by atoms with Gasteiger partial charge in [-0.15, -0.1) is 11.3 Å². The van der Waals surface area contributed by atoms with E-state index in [9.17, 15) is 23.3 Å². The Morgan fingerprint density at radius 2 is 1.91 bits per heavy atom. The van der Waals surface area contributed by atoms with E-state index in [0.717, 1.165) is 9.87 Å². The molecule has 10 nitrogen and oxygen atoms in total. The minimum Gasteiger partial charge on any atom is -0.338 e. The molecule has 0 fully saturated rings. The van der Waals surface area contributed by atoms with Crippen LogP contribution in [-0.2, 0) is 21.4 Å². The number of nitro benzene ring substituents is 1. The molecule has 0 saturated carbocycles. The van der Waals surface area contributed by atoms with Crippen LogP contribution in [0.5, 0.6) is 0 Å².